The molecule has 0 amide bonds. The minimum absolute atomic E-state index is 0.125. The minimum Gasteiger partial charge on any atom is -0.505 e. The molecule has 2 aromatic heterocycles. The lowest BCUT2D eigenvalue weighted by molar-refractivity contribution is 0.101. The first-order valence-corrected chi connectivity index (χ1v) is 11.6. The summed E-state index contributed by atoms with van der Waals surface area (Å²) < 4.78 is 5.66. The molecule has 4 aromatic rings. The topological polar surface area (TPSA) is 87.6 Å². The molecule has 0 aliphatic carbocycles. The molecule has 0 atom stereocenters. The van der Waals surface area contributed by atoms with E-state index in [4.69, 9.17) is 27.9 Å². The molecular formula is C26H24Cl2N4O3. The zero-order valence-corrected chi connectivity index (χ0v) is 21.0. The van der Waals surface area contributed by atoms with E-state index in [9.17, 15) is 9.90 Å². The number of rotatable bonds is 8. The maximum Gasteiger partial charge on any atom is 0.213 e. The Morgan fingerprint density at radius 3 is 2.40 bits per heavy atom. The van der Waals surface area contributed by atoms with Gasteiger partial charge in [-0.3, -0.25) is 9.78 Å². The number of anilines is 2. The number of Topliss-reactive ketones (excluding diaryl/α,β-unsaturated/α-hetero) is 1. The second kappa shape index (κ2) is 10.5. The molecule has 7 nitrogen and oxygen atoms in total. The molecule has 35 heavy (non-hydrogen) atoms. The molecule has 0 bridgehead atoms. The van der Waals surface area contributed by atoms with Crippen molar-refractivity contribution < 1.29 is 14.6 Å². The zero-order chi connectivity index (χ0) is 25.1. The number of carbonyl (C=O) groups excluding carboxylic acids is 1. The fraction of sp³-hybridized carbons (Fsp3) is 0.192. The summed E-state index contributed by atoms with van der Waals surface area (Å²) in [6.07, 6.45) is 3.22. The quantitative estimate of drug-likeness (QED) is 0.273. The average Bonchev–Trinajstić information content (AvgIpc) is 2.82. The van der Waals surface area contributed by atoms with E-state index in [0.29, 0.717) is 34.9 Å². The highest BCUT2D eigenvalue weighted by molar-refractivity contribution is 6.37. The fourth-order valence-corrected chi connectivity index (χ4v) is 4.01. The van der Waals surface area contributed by atoms with E-state index in [2.05, 4.69) is 15.3 Å². The van der Waals surface area contributed by atoms with Crippen molar-refractivity contribution in [3.8, 4) is 22.8 Å². The maximum atomic E-state index is 12.4. The van der Waals surface area contributed by atoms with Crippen molar-refractivity contribution in [2.24, 2.45) is 0 Å². The van der Waals surface area contributed by atoms with Gasteiger partial charge >= 0.3 is 0 Å². The third-order valence-corrected chi connectivity index (χ3v) is 5.97. The van der Waals surface area contributed by atoms with Crippen LogP contribution in [0.3, 0.4) is 0 Å². The molecule has 0 aliphatic rings. The van der Waals surface area contributed by atoms with Gasteiger partial charge in [0.05, 0.1) is 38.7 Å². The molecule has 0 aliphatic heterocycles. The Kier molecular flexibility index (Phi) is 7.40. The van der Waals surface area contributed by atoms with Gasteiger partial charge in [0, 0.05) is 24.2 Å². The van der Waals surface area contributed by atoms with Gasteiger partial charge in [0.25, 0.3) is 0 Å². The van der Waals surface area contributed by atoms with E-state index in [0.717, 1.165) is 23.1 Å². The van der Waals surface area contributed by atoms with Crippen LogP contribution >= 0.6 is 23.2 Å². The molecule has 9 heteroatoms. The molecule has 0 radical (unpaired) electrons. The molecule has 2 aromatic carbocycles. The number of nitrogens with zero attached hydrogens (tertiary/aromatic N) is 3. The lowest BCUT2D eigenvalue weighted by atomic mass is 10.00. The number of nitrogens with one attached hydrogen (secondary N) is 1. The fourth-order valence-electron chi connectivity index (χ4n) is 3.52. The summed E-state index contributed by atoms with van der Waals surface area (Å²) in [5, 5.41) is 14.3. The number of aromatic hydroxyl groups is 1. The van der Waals surface area contributed by atoms with E-state index in [-0.39, 0.29) is 21.6 Å². The van der Waals surface area contributed by atoms with Crippen molar-refractivity contribution in [2.75, 3.05) is 32.6 Å². The smallest absolute Gasteiger partial charge is 0.213 e. The number of pyridine rings is 2. The first-order chi connectivity index (χ1) is 16.7. The molecule has 0 saturated heterocycles. The highest BCUT2D eigenvalue weighted by Crippen LogP contribution is 2.38. The number of phenols is 1. The van der Waals surface area contributed by atoms with Crippen molar-refractivity contribution in [2.45, 2.75) is 6.92 Å². The summed E-state index contributed by atoms with van der Waals surface area (Å²) in [6.45, 7) is 2.81. The number of ether oxygens (including phenoxy) is 1. The summed E-state index contributed by atoms with van der Waals surface area (Å²) in [7, 11) is 3.96. The number of hydrogen-bond acceptors (Lipinski definition) is 7. The molecule has 4 rings (SSSR count). The monoisotopic (exact) mass is 510 g/mol. The predicted molar refractivity (Wildman–Crippen MR) is 140 cm³/mol. The first kappa shape index (κ1) is 24.7. The van der Waals surface area contributed by atoms with E-state index < -0.39 is 0 Å². The van der Waals surface area contributed by atoms with Gasteiger partial charge < -0.3 is 20.1 Å². The Morgan fingerprint density at radius 2 is 1.77 bits per heavy atom. The summed E-state index contributed by atoms with van der Waals surface area (Å²) in [5.41, 5.74) is 3.98. The van der Waals surface area contributed by atoms with E-state index in [1.165, 1.54) is 6.92 Å². The summed E-state index contributed by atoms with van der Waals surface area (Å²) in [4.78, 5) is 23.3. The Labute approximate surface area is 213 Å². The number of aromatic nitrogens is 2. The van der Waals surface area contributed by atoms with Gasteiger partial charge in [0.15, 0.2) is 11.5 Å². The van der Waals surface area contributed by atoms with Crippen molar-refractivity contribution >= 4 is 51.3 Å². The largest absolute Gasteiger partial charge is 0.505 e. The maximum absolute atomic E-state index is 12.4. The highest BCUT2D eigenvalue weighted by Gasteiger charge is 2.15. The van der Waals surface area contributed by atoms with Crippen LogP contribution in [0.4, 0.5) is 11.4 Å². The molecule has 180 valence electrons. The van der Waals surface area contributed by atoms with Crippen LogP contribution < -0.4 is 10.1 Å². The van der Waals surface area contributed by atoms with E-state index in [1.807, 2.05) is 43.3 Å². The van der Waals surface area contributed by atoms with Gasteiger partial charge in [-0.2, -0.15) is 0 Å². The van der Waals surface area contributed by atoms with Crippen LogP contribution in [0.2, 0.25) is 10.0 Å². The van der Waals surface area contributed by atoms with Crippen LogP contribution in [0, 0.1) is 0 Å². The Morgan fingerprint density at radius 1 is 1.03 bits per heavy atom. The normalized spacial score (nSPS) is 11.1. The number of fused-ring (bicyclic) bond motifs is 1. The van der Waals surface area contributed by atoms with Crippen LogP contribution in [0.15, 0.2) is 54.9 Å². The van der Waals surface area contributed by atoms with Gasteiger partial charge in [-0.1, -0.05) is 29.3 Å². The molecule has 0 unspecified atom stereocenters. The molecular weight excluding hydrogens is 487 g/mol. The van der Waals surface area contributed by atoms with Crippen molar-refractivity contribution in [1.29, 1.82) is 0 Å². The molecule has 0 spiro atoms. The van der Waals surface area contributed by atoms with Crippen LogP contribution in [0.1, 0.15) is 17.3 Å². The van der Waals surface area contributed by atoms with Crippen molar-refractivity contribution in [3.63, 3.8) is 0 Å². The number of phenolic OH excluding ortho intramolecular Hbond substituents is 1. The van der Waals surface area contributed by atoms with Gasteiger partial charge in [-0.25, -0.2) is 4.98 Å². The van der Waals surface area contributed by atoms with Crippen LogP contribution in [0.25, 0.3) is 22.0 Å². The Bertz CT molecular complexity index is 1370. The SMILES string of the molecule is CC(=O)c1cnc2ccc(-c3cc(Cl)c(O)c(Cl)c3)cc2c1Nc1ccc(OCCN(C)C)nc1. The number of hydrogen-bond donors (Lipinski definition) is 2. The summed E-state index contributed by atoms with van der Waals surface area (Å²) >= 11 is 12.3. The van der Waals surface area contributed by atoms with Crippen LogP contribution in [-0.2, 0) is 0 Å². The van der Waals surface area contributed by atoms with Gasteiger partial charge in [0.1, 0.15) is 6.61 Å². The lowest BCUT2D eigenvalue weighted by Gasteiger charge is -2.15. The van der Waals surface area contributed by atoms with Gasteiger partial charge in [-0.15, -0.1) is 0 Å². The molecule has 0 saturated carbocycles. The number of carbonyl (C=O) groups is 1. The number of likely N-dealkylation sites (N-methyl/N-ethyl adjacent to an activating group) is 1. The van der Waals surface area contributed by atoms with Crippen LogP contribution in [-0.4, -0.2) is 53.0 Å². The Hall–Kier alpha value is -3.39. The average molecular weight is 511 g/mol. The molecule has 2 heterocycles. The summed E-state index contributed by atoms with van der Waals surface area (Å²) in [5.74, 6) is 0.231. The second-order valence-electron chi connectivity index (χ2n) is 8.29. The first-order valence-electron chi connectivity index (χ1n) is 10.9. The number of ketones is 1. The van der Waals surface area contributed by atoms with Crippen LogP contribution in [0.5, 0.6) is 11.6 Å². The number of halogens is 2. The number of benzene rings is 2. The van der Waals surface area contributed by atoms with Gasteiger partial charge in [0.2, 0.25) is 5.88 Å². The summed E-state index contributed by atoms with van der Waals surface area (Å²) in [6, 6.07) is 12.5. The molecule has 2 N–H and O–H groups in total. The lowest BCUT2D eigenvalue weighted by Crippen LogP contribution is -2.19. The third-order valence-electron chi connectivity index (χ3n) is 5.39. The predicted octanol–water partition coefficient (Wildman–Crippen LogP) is 6.20. The van der Waals surface area contributed by atoms with E-state index >= 15 is 0 Å². The molecule has 0 fully saturated rings. The standard InChI is InChI=1S/C26H24Cl2N4O3/c1-15(33)20-14-29-23-6-4-16(17-11-21(27)26(34)22(28)12-17)10-19(23)25(20)31-18-5-7-24(30-13-18)35-9-8-32(2)3/h4-7,10-14,34H,8-9H2,1-3H3,(H,29,31). The van der Waals surface area contributed by atoms with Gasteiger partial charge in [-0.05, 0) is 62.5 Å². The second-order valence-corrected chi connectivity index (χ2v) is 9.10. The zero-order valence-electron chi connectivity index (χ0n) is 19.5. The minimum atomic E-state index is -0.164. The van der Waals surface area contributed by atoms with E-state index in [1.54, 1.807) is 30.6 Å². The van der Waals surface area contributed by atoms with Crippen molar-refractivity contribution in [1.82, 2.24) is 14.9 Å². The van der Waals surface area contributed by atoms with Crippen molar-refractivity contribution in [3.05, 3.63) is 70.5 Å². The highest BCUT2D eigenvalue weighted by atomic mass is 35.5. The third kappa shape index (κ3) is 5.65. The Balaban J connectivity index is 1.72.